The van der Waals surface area contributed by atoms with Gasteiger partial charge < -0.3 is 15.2 Å². The summed E-state index contributed by atoms with van der Waals surface area (Å²) in [4.78, 5) is 30.2. The highest BCUT2D eigenvalue weighted by Crippen LogP contribution is 2.17. The number of nitrogens with zero attached hydrogens (tertiary/aromatic N) is 1. The summed E-state index contributed by atoms with van der Waals surface area (Å²) in [6.07, 6.45) is 4.62. The Bertz CT molecular complexity index is 954. The molecular formula is C24H29N3O2. The van der Waals surface area contributed by atoms with Gasteiger partial charge in [-0.3, -0.25) is 9.59 Å². The molecule has 0 atom stereocenters. The minimum Gasteiger partial charge on any atom is -0.361 e. The van der Waals surface area contributed by atoms with Crippen molar-refractivity contribution in [3.05, 3.63) is 71.4 Å². The van der Waals surface area contributed by atoms with E-state index < -0.39 is 0 Å². The third kappa shape index (κ3) is 5.05. The second-order valence-corrected chi connectivity index (χ2v) is 7.23. The molecule has 29 heavy (non-hydrogen) atoms. The number of hydrogen-bond donors (Lipinski definition) is 2. The van der Waals surface area contributed by atoms with Crippen molar-refractivity contribution in [1.82, 2.24) is 15.2 Å². The van der Waals surface area contributed by atoms with Crippen molar-refractivity contribution >= 4 is 22.7 Å². The molecule has 0 bridgehead atoms. The van der Waals surface area contributed by atoms with Gasteiger partial charge in [-0.05, 0) is 55.2 Å². The number of carbonyl (C=O) groups excluding carboxylic acids is 2. The van der Waals surface area contributed by atoms with E-state index in [9.17, 15) is 9.59 Å². The van der Waals surface area contributed by atoms with Crippen molar-refractivity contribution in [2.24, 2.45) is 0 Å². The highest BCUT2D eigenvalue weighted by molar-refractivity contribution is 5.97. The Balaban J connectivity index is 1.56. The number of fused-ring (bicyclic) bond motifs is 1. The molecule has 0 aliphatic heterocycles. The monoisotopic (exact) mass is 391 g/mol. The molecule has 0 saturated carbocycles. The van der Waals surface area contributed by atoms with Crippen LogP contribution in [0.5, 0.6) is 0 Å². The van der Waals surface area contributed by atoms with E-state index in [0.717, 1.165) is 37.9 Å². The summed E-state index contributed by atoms with van der Waals surface area (Å²) in [5, 5.41) is 4.15. The first-order valence-corrected chi connectivity index (χ1v) is 10.4. The Hall–Kier alpha value is -3.08. The van der Waals surface area contributed by atoms with Crippen molar-refractivity contribution < 1.29 is 9.59 Å². The Kier molecular flexibility index (Phi) is 7.06. The van der Waals surface area contributed by atoms with Gasteiger partial charge in [-0.25, -0.2) is 0 Å². The van der Waals surface area contributed by atoms with Gasteiger partial charge in [0.25, 0.3) is 11.8 Å². The minimum absolute atomic E-state index is 0.0278. The molecule has 2 N–H and O–H groups in total. The normalized spacial score (nSPS) is 10.8. The second-order valence-electron chi connectivity index (χ2n) is 7.23. The van der Waals surface area contributed by atoms with Crippen LogP contribution >= 0.6 is 0 Å². The third-order valence-electron chi connectivity index (χ3n) is 5.02. The van der Waals surface area contributed by atoms with Gasteiger partial charge in [-0.15, -0.1) is 0 Å². The second kappa shape index (κ2) is 9.92. The number of rotatable bonds is 9. The molecule has 3 aromatic rings. The van der Waals surface area contributed by atoms with E-state index in [2.05, 4.69) is 30.2 Å². The average molecular weight is 392 g/mol. The topological polar surface area (TPSA) is 65.2 Å². The van der Waals surface area contributed by atoms with E-state index in [4.69, 9.17) is 0 Å². The molecule has 0 fully saturated rings. The van der Waals surface area contributed by atoms with E-state index in [1.54, 1.807) is 24.3 Å². The van der Waals surface area contributed by atoms with Gasteiger partial charge in [0.1, 0.15) is 0 Å². The maximum Gasteiger partial charge on any atom is 0.253 e. The zero-order chi connectivity index (χ0) is 20.6. The summed E-state index contributed by atoms with van der Waals surface area (Å²) in [7, 11) is 0. The number of para-hydroxylation sites is 1. The SMILES string of the molecule is CCCN(CCC)C(=O)c1ccc(C(=O)NCCc2c[nH]c3ccccc23)cc1. The highest BCUT2D eigenvalue weighted by Gasteiger charge is 2.15. The molecule has 1 aromatic heterocycles. The first-order valence-electron chi connectivity index (χ1n) is 10.4. The minimum atomic E-state index is -0.122. The van der Waals surface area contributed by atoms with Gasteiger partial charge >= 0.3 is 0 Å². The van der Waals surface area contributed by atoms with Crippen molar-refractivity contribution in [3.8, 4) is 0 Å². The van der Waals surface area contributed by atoms with Crippen LogP contribution in [-0.2, 0) is 6.42 Å². The molecule has 5 heteroatoms. The van der Waals surface area contributed by atoms with Crippen LogP contribution in [0.2, 0.25) is 0 Å². The molecule has 0 unspecified atom stereocenters. The quantitative estimate of drug-likeness (QED) is 0.568. The Morgan fingerprint density at radius 2 is 1.59 bits per heavy atom. The maximum atomic E-state index is 12.6. The van der Waals surface area contributed by atoms with Gasteiger partial charge in [0, 0.05) is 47.9 Å². The predicted molar refractivity (Wildman–Crippen MR) is 117 cm³/mol. The number of nitrogens with one attached hydrogen (secondary N) is 2. The van der Waals surface area contributed by atoms with Gasteiger partial charge in [0.15, 0.2) is 0 Å². The zero-order valence-corrected chi connectivity index (χ0v) is 17.2. The molecule has 5 nitrogen and oxygen atoms in total. The Morgan fingerprint density at radius 1 is 0.931 bits per heavy atom. The molecule has 152 valence electrons. The van der Waals surface area contributed by atoms with Crippen molar-refractivity contribution in [1.29, 1.82) is 0 Å². The van der Waals surface area contributed by atoms with Crippen LogP contribution in [0.3, 0.4) is 0 Å². The fourth-order valence-electron chi connectivity index (χ4n) is 3.55. The molecule has 3 rings (SSSR count). The van der Waals surface area contributed by atoms with Crippen LogP contribution in [-0.4, -0.2) is 41.3 Å². The van der Waals surface area contributed by atoms with Crippen molar-refractivity contribution in [3.63, 3.8) is 0 Å². The molecule has 2 amide bonds. The summed E-state index contributed by atoms with van der Waals surface area (Å²) >= 11 is 0. The lowest BCUT2D eigenvalue weighted by molar-refractivity contribution is 0.0755. The first kappa shape index (κ1) is 20.6. The average Bonchev–Trinajstić information content (AvgIpc) is 3.16. The molecular weight excluding hydrogens is 362 g/mol. The predicted octanol–water partition coefficient (Wildman–Crippen LogP) is 4.40. The summed E-state index contributed by atoms with van der Waals surface area (Å²) in [5.41, 5.74) is 3.49. The fourth-order valence-corrected chi connectivity index (χ4v) is 3.55. The lowest BCUT2D eigenvalue weighted by Gasteiger charge is -2.21. The highest BCUT2D eigenvalue weighted by atomic mass is 16.2. The summed E-state index contributed by atoms with van der Waals surface area (Å²) in [6, 6.07) is 15.1. The van der Waals surface area contributed by atoms with Gasteiger partial charge in [0.2, 0.25) is 0 Å². The van der Waals surface area contributed by atoms with Gasteiger partial charge in [-0.1, -0.05) is 32.0 Å². The van der Waals surface area contributed by atoms with Gasteiger partial charge in [0.05, 0.1) is 0 Å². The number of hydrogen-bond acceptors (Lipinski definition) is 2. The van der Waals surface area contributed by atoms with E-state index in [-0.39, 0.29) is 11.8 Å². The van der Waals surface area contributed by atoms with Crippen molar-refractivity contribution in [2.75, 3.05) is 19.6 Å². The summed E-state index contributed by atoms with van der Waals surface area (Å²) in [5.74, 6) is -0.0946. The van der Waals surface area contributed by atoms with Crippen LogP contribution in [0, 0.1) is 0 Å². The summed E-state index contributed by atoms with van der Waals surface area (Å²) in [6.45, 7) is 6.20. The molecule has 0 spiro atoms. The molecule has 0 aliphatic rings. The number of benzene rings is 2. The van der Waals surface area contributed by atoms with E-state index in [0.29, 0.717) is 17.7 Å². The Labute approximate surface area is 172 Å². The smallest absolute Gasteiger partial charge is 0.253 e. The molecule has 2 aromatic carbocycles. The van der Waals surface area contributed by atoms with Crippen LogP contribution in [0.25, 0.3) is 10.9 Å². The Morgan fingerprint density at radius 3 is 2.28 bits per heavy atom. The lowest BCUT2D eigenvalue weighted by atomic mass is 10.1. The lowest BCUT2D eigenvalue weighted by Crippen LogP contribution is -2.32. The number of carbonyl (C=O) groups is 2. The molecule has 0 aliphatic carbocycles. The number of aromatic nitrogens is 1. The number of aromatic amines is 1. The maximum absolute atomic E-state index is 12.6. The molecule has 1 heterocycles. The van der Waals surface area contributed by atoms with E-state index >= 15 is 0 Å². The number of H-pyrrole nitrogens is 1. The van der Waals surface area contributed by atoms with Crippen LogP contribution in [0.4, 0.5) is 0 Å². The summed E-state index contributed by atoms with van der Waals surface area (Å²) < 4.78 is 0. The third-order valence-corrected chi connectivity index (χ3v) is 5.02. The van der Waals surface area contributed by atoms with Crippen LogP contribution in [0.15, 0.2) is 54.7 Å². The standard InChI is InChI=1S/C24H29N3O2/c1-3-15-27(16-4-2)24(29)19-11-9-18(10-12-19)23(28)25-14-13-20-17-26-22-8-6-5-7-21(20)22/h5-12,17,26H,3-4,13-16H2,1-2H3,(H,25,28). The zero-order valence-electron chi connectivity index (χ0n) is 17.2. The van der Waals surface area contributed by atoms with E-state index in [1.807, 2.05) is 29.3 Å². The number of amides is 2. The van der Waals surface area contributed by atoms with Crippen LogP contribution in [0.1, 0.15) is 53.0 Å². The molecule has 0 saturated heterocycles. The molecule has 0 radical (unpaired) electrons. The van der Waals surface area contributed by atoms with Crippen LogP contribution < -0.4 is 5.32 Å². The van der Waals surface area contributed by atoms with E-state index in [1.165, 1.54) is 10.9 Å². The fraction of sp³-hybridized carbons (Fsp3) is 0.333. The van der Waals surface area contributed by atoms with Crippen molar-refractivity contribution in [2.45, 2.75) is 33.1 Å². The van der Waals surface area contributed by atoms with Gasteiger partial charge in [-0.2, -0.15) is 0 Å². The largest absolute Gasteiger partial charge is 0.361 e. The first-order chi connectivity index (χ1) is 14.1.